The van der Waals surface area contributed by atoms with Gasteiger partial charge in [-0.3, -0.25) is 9.48 Å². The van der Waals surface area contributed by atoms with E-state index < -0.39 is 21.8 Å². The number of amides is 1. The molecule has 2 heterocycles. The van der Waals surface area contributed by atoms with Crippen molar-refractivity contribution in [1.29, 1.82) is 0 Å². The van der Waals surface area contributed by atoms with Crippen molar-refractivity contribution in [2.45, 2.75) is 42.7 Å². The molecule has 0 saturated heterocycles. The Morgan fingerprint density at radius 2 is 1.97 bits per heavy atom. The number of carbonyl (C=O) groups is 1. The van der Waals surface area contributed by atoms with Crippen LogP contribution in [0.3, 0.4) is 0 Å². The van der Waals surface area contributed by atoms with Gasteiger partial charge in [0.25, 0.3) is 5.91 Å². The molecule has 0 bridgehead atoms. The van der Waals surface area contributed by atoms with Crippen LogP contribution in [-0.2, 0) is 26.0 Å². The summed E-state index contributed by atoms with van der Waals surface area (Å²) < 4.78 is 33.3. The van der Waals surface area contributed by atoms with Gasteiger partial charge >= 0.3 is 0 Å². The summed E-state index contributed by atoms with van der Waals surface area (Å²) in [4.78, 5) is 18.3. The number of nitrogens with zero attached hydrogens (tertiary/aromatic N) is 3. The van der Waals surface area contributed by atoms with Crippen molar-refractivity contribution in [1.82, 2.24) is 9.78 Å². The number of hydrogen-bond acceptors (Lipinski definition) is 7. The molecule has 4 rings (SSSR count). The van der Waals surface area contributed by atoms with Crippen LogP contribution in [0.15, 0.2) is 63.6 Å². The second-order valence-corrected chi connectivity index (χ2v) is 10.0. The van der Waals surface area contributed by atoms with E-state index in [1.165, 1.54) is 49.6 Å². The van der Waals surface area contributed by atoms with Gasteiger partial charge < -0.3 is 14.9 Å². The average molecular weight is 503 g/mol. The molecule has 178 valence electrons. The van der Waals surface area contributed by atoms with Gasteiger partial charge in [-0.25, -0.2) is 8.42 Å². The van der Waals surface area contributed by atoms with Crippen LogP contribution >= 0.6 is 11.6 Å². The monoisotopic (exact) mass is 502 g/mol. The maximum Gasteiger partial charge on any atom is 0.268 e. The molecule has 1 unspecified atom stereocenters. The molecule has 1 N–H and O–H groups in total. The van der Waals surface area contributed by atoms with Crippen LogP contribution in [0.4, 0.5) is 5.69 Å². The van der Waals surface area contributed by atoms with Crippen molar-refractivity contribution in [2.75, 3.05) is 12.4 Å². The van der Waals surface area contributed by atoms with Crippen molar-refractivity contribution in [3.05, 3.63) is 64.9 Å². The molecule has 9 nitrogen and oxygen atoms in total. The van der Waals surface area contributed by atoms with E-state index in [2.05, 4.69) is 15.6 Å². The highest BCUT2D eigenvalue weighted by Crippen LogP contribution is 2.30. The molecule has 11 heteroatoms. The SMILES string of the molecule is CCn1cc(C2=NOC(C(=O)Nc3cc(OC)cc(S(=O)(=O)c4ccc(Cl)cc4)c3)C2)c(C)n1. The summed E-state index contributed by atoms with van der Waals surface area (Å²) in [5, 5.41) is 11.6. The second kappa shape index (κ2) is 9.47. The van der Waals surface area contributed by atoms with Crippen molar-refractivity contribution < 1.29 is 22.8 Å². The summed E-state index contributed by atoms with van der Waals surface area (Å²) in [6, 6.07) is 10.1. The first-order valence-corrected chi connectivity index (χ1v) is 12.3. The first-order chi connectivity index (χ1) is 16.2. The minimum absolute atomic E-state index is 0.0312. The minimum Gasteiger partial charge on any atom is -0.497 e. The lowest BCUT2D eigenvalue weighted by Gasteiger charge is -2.13. The Kier molecular flexibility index (Phi) is 6.63. The van der Waals surface area contributed by atoms with Gasteiger partial charge in [-0.1, -0.05) is 16.8 Å². The molecule has 1 atom stereocenters. The highest BCUT2D eigenvalue weighted by Gasteiger charge is 2.31. The predicted molar refractivity (Wildman–Crippen MR) is 127 cm³/mol. The topological polar surface area (TPSA) is 112 Å². The number of rotatable bonds is 7. The summed E-state index contributed by atoms with van der Waals surface area (Å²) in [7, 11) is -2.45. The molecular weight excluding hydrogens is 480 g/mol. The van der Waals surface area contributed by atoms with Crippen LogP contribution in [0.25, 0.3) is 0 Å². The fourth-order valence-corrected chi connectivity index (χ4v) is 4.98. The van der Waals surface area contributed by atoms with Gasteiger partial charge in [0.2, 0.25) is 15.9 Å². The zero-order valence-electron chi connectivity index (χ0n) is 18.8. The number of aromatic nitrogens is 2. The standard InChI is InChI=1S/C23H23ClN4O5S/c1-4-28-13-20(14(2)26-28)21-12-22(33-27-21)23(29)25-16-9-17(32-3)11-19(10-16)34(30,31)18-7-5-15(24)6-8-18/h5-11,13,22H,4,12H2,1-3H3,(H,25,29). The van der Waals surface area contributed by atoms with Crippen LogP contribution in [-0.4, -0.2) is 43.0 Å². The Bertz CT molecular complexity index is 1370. The summed E-state index contributed by atoms with van der Waals surface area (Å²) >= 11 is 5.88. The molecule has 0 saturated carbocycles. The number of benzene rings is 2. The first kappa shape index (κ1) is 23.8. The van der Waals surface area contributed by atoms with Crippen molar-refractivity contribution >= 4 is 38.7 Å². The Balaban J connectivity index is 1.53. The van der Waals surface area contributed by atoms with Crippen molar-refractivity contribution in [3.63, 3.8) is 0 Å². The zero-order chi connectivity index (χ0) is 24.5. The van der Waals surface area contributed by atoms with Gasteiger partial charge in [0.15, 0.2) is 0 Å². The normalized spacial score (nSPS) is 15.5. The minimum atomic E-state index is -3.87. The summed E-state index contributed by atoms with van der Waals surface area (Å²) in [5.74, 6) is -0.181. The molecule has 34 heavy (non-hydrogen) atoms. The smallest absolute Gasteiger partial charge is 0.268 e. The third-order valence-electron chi connectivity index (χ3n) is 5.36. The Hall–Kier alpha value is -3.37. The lowest BCUT2D eigenvalue weighted by Crippen LogP contribution is -2.28. The van der Waals surface area contributed by atoms with E-state index in [-0.39, 0.29) is 27.6 Å². The molecule has 0 radical (unpaired) electrons. The lowest BCUT2D eigenvalue weighted by atomic mass is 10.1. The van der Waals surface area contributed by atoms with Gasteiger partial charge in [0, 0.05) is 41.5 Å². The number of nitrogens with one attached hydrogen (secondary N) is 1. The number of aryl methyl sites for hydroxylation is 2. The van der Waals surface area contributed by atoms with E-state index in [1.54, 1.807) is 4.68 Å². The molecule has 2 aromatic carbocycles. The van der Waals surface area contributed by atoms with Crippen LogP contribution < -0.4 is 10.1 Å². The highest BCUT2D eigenvalue weighted by atomic mass is 35.5. The van der Waals surface area contributed by atoms with Crippen molar-refractivity contribution in [3.8, 4) is 5.75 Å². The first-order valence-electron chi connectivity index (χ1n) is 10.5. The van der Waals surface area contributed by atoms with E-state index >= 15 is 0 Å². The number of sulfone groups is 1. The van der Waals surface area contributed by atoms with Gasteiger partial charge in [-0.15, -0.1) is 0 Å². The highest BCUT2D eigenvalue weighted by molar-refractivity contribution is 7.91. The number of ether oxygens (including phenoxy) is 1. The molecule has 1 aliphatic heterocycles. The molecule has 1 aliphatic rings. The number of methoxy groups -OCH3 is 1. The largest absolute Gasteiger partial charge is 0.497 e. The summed E-state index contributed by atoms with van der Waals surface area (Å²) in [6.07, 6.45) is 1.28. The van der Waals surface area contributed by atoms with Gasteiger partial charge in [0.05, 0.1) is 28.3 Å². The van der Waals surface area contributed by atoms with E-state index in [1.807, 2.05) is 20.0 Å². The third-order valence-corrected chi connectivity index (χ3v) is 7.36. The maximum absolute atomic E-state index is 13.1. The number of hydrogen-bond donors (Lipinski definition) is 1. The van der Waals surface area contributed by atoms with Gasteiger partial charge in [0.1, 0.15) is 5.75 Å². The van der Waals surface area contributed by atoms with Crippen LogP contribution in [0.2, 0.25) is 5.02 Å². The average Bonchev–Trinajstić information content (AvgIpc) is 3.45. The molecule has 0 fully saturated rings. The number of oxime groups is 1. The van der Waals surface area contributed by atoms with Crippen LogP contribution in [0.1, 0.15) is 24.6 Å². The predicted octanol–water partition coefficient (Wildman–Crippen LogP) is 3.84. The molecule has 0 spiro atoms. The summed E-state index contributed by atoms with van der Waals surface area (Å²) in [5.41, 5.74) is 2.52. The van der Waals surface area contributed by atoms with Gasteiger partial charge in [-0.05, 0) is 50.2 Å². The second-order valence-electron chi connectivity index (χ2n) is 7.66. The molecule has 1 aromatic heterocycles. The van der Waals surface area contributed by atoms with Gasteiger partial charge in [-0.2, -0.15) is 5.10 Å². The Labute approximate surface area is 202 Å². The maximum atomic E-state index is 13.1. The summed E-state index contributed by atoms with van der Waals surface area (Å²) in [6.45, 7) is 4.57. The van der Waals surface area contributed by atoms with Crippen LogP contribution in [0, 0.1) is 6.92 Å². The van der Waals surface area contributed by atoms with Crippen molar-refractivity contribution in [2.24, 2.45) is 5.16 Å². The lowest BCUT2D eigenvalue weighted by molar-refractivity contribution is -0.125. The van der Waals surface area contributed by atoms with E-state index in [0.717, 1.165) is 17.8 Å². The number of anilines is 1. The van der Waals surface area contributed by atoms with E-state index in [4.69, 9.17) is 21.2 Å². The zero-order valence-corrected chi connectivity index (χ0v) is 20.4. The number of halogens is 1. The fourth-order valence-electron chi connectivity index (χ4n) is 3.53. The molecular formula is C23H23ClN4O5S. The molecule has 3 aromatic rings. The molecule has 0 aliphatic carbocycles. The molecule has 1 amide bonds. The Morgan fingerprint density at radius 3 is 2.62 bits per heavy atom. The quantitative estimate of drug-likeness (QED) is 0.525. The Morgan fingerprint density at radius 1 is 1.24 bits per heavy atom. The van der Waals surface area contributed by atoms with E-state index in [9.17, 15) is 13.2 Å². The van der Waals surface area contributed by atoms with Crippen LogP contribution in [0.5, 0.6) is 5.75 Å². The van der Waals surface area contributed by atoms with E-state index in [0.29, 0.717) is 10.7 Å². The third kappa shape index (κ3) is 4.78. The number of carbonyl (C=O) groups excluding carboxylic acids is 1. The fraction of sp³-hybridized carbons (Fsp3) is 0.261.